The second-order valence-corrected chi connectivity index (χ2v) is 3.84. The molecule has 0 spiro atoms. The molecule has 0 aromatic heterocycles. The van der Waals surface area contributed by atoms with Gasteiger partial charge in [0.05, 0.1) is 0 Å². The molecule has 0 aliphatic carbocycles. The topological polar surface area (TPSA) is 17.1 Å². The van der Waals surface area contributed by atoms with E-state index >= 15 is 0 Å². The monoisotopic (exact) mass is 284 g/mol. The molecule has 5 heteroatoms. The molecule has 0 amide bonds. The molecule has 0 radical (unpaired) electrons. The van der Waals surface area contributed by atoms with E-state index in [2.05, 4.69) is 15.9 Å². The lowest BCUT2D eigenvalue weighted by atomic mass is 10.2. The van der Waals surface area contributed by atoms with Gasteiger partial charge in [-0.3, -0.25) is 4.79 Å². The quantitative estimate of drug-likeness (QED) is 0.421. The number of ketones is 1. The lowest BCUT2D eigenvalue weighted by Crippen LogP contribution is -2.19. The summed E-state index contributed by atoms with van der Waals surface area (Å²) >= 11 is 3.06. The van der Waals surface area contributed by atoms with Crippen LogP contribution < -0.4 is 0 Å². The molecule has 0 fully saturated rings. The Labute approximate surface area is 95.2 Å². The third-order valence-electron chi connectivity index (χ3n) is 1.57. The number of hydrogen-bond acceptors (Lipinski definition) is 1. The lowest BCUT2D eigenvalue weighted by molar-refractivity contribution is -0.165. The van der Waals surface area contributed by atoms with Crippen LogP contribution in [0.4, 0.5) is 13.2 Å². The molecule has 0 N–H and O–H groups in total. The van der Waals surface area contributed by atoms with Crippen molar-refractivity contribution in [3.63, 3.8) is 0 Å². The summed E-state index contributed by atoms with van der Waals surface area (Å²) in [5, 5.41) is 0. The van der Waals surface area contributed by atoms with Crippen LogP contribution in [0.3, 0.4) is 0 Å². The second kappa shape index (κ2) is 6.82. The van der Waals surface area contributed by atoms with Gasteiger partial charge in [0.2, 0.25) is 0 Å². The third-order valence-corrected chi connectivity index (χ3v) is 2.16. The average molecular weight is 285 g/mol. The molecule has 0 bridgehead atoms. The first-order valence-corrected chi connectivity index (χ1v) is 5.32. The van der Waals surface area contributed by atoms with Crippen molar-refractivity contribution in [2.45, 2.75) is 32.4 Å². The Hall–Kier alpha value is -0.580. The molecule has 0 rings (SSSR count). The summed E-state index contributed by atoms with van der Waals surface area (Å²) in [5.41, 5.74) is 0. The number of allylic oxidation sites excluding steroid dienone is 4. The summed E-state index contributed by atoms with van der Waals surface area (Å²) < 4.78 is 35.8. The molecule has 0 saturated heterocycles. The number of rotatable bonds is 5. The average Bonchev–Trinajstić information content (AvgIpc) is 2.13. The van der Waals surface area contributed by atoms with Crippen molar-refractivity contribution in [1.82, 2.24) is 0 Å². The van der Waals surface area contributed by atoms with Crippen LogP contribution in [0.1, 0.15) is 26.2 Å². The Morgan fingerprint density at radius 3 is 2.40 bits per heavy atom. The second-order valence-electron chi connectivity index (χ2n) is 2.93. The van der Waals surface area contributed by atoms with Gasteiger partial charge in [-0.1, -0.05) is 41.8 Å². The van der Waals surface area contributed by atoms with Crippen molar-refractivity contribution in [2.24, 2.45) is 0 Å². The van der Waals surface area contributed by atoms with E-state index in [-0.39, 0.29) is 0 Å². The van der Waals surface area contributed by atoms with Crippen LogP contribution in [0.2, 0.25) is 0 Å². The molecule has 0 aromatic carbocycles. The van der Waals surface area contributed by atoms with Gasteiger partial charge >= 0.3 is 6.18 Å². The van der Waals surface area contributed by atoms with E-state index in [4.69, 9.17) is 0 Å². The first-order valence-electron chi connectivity index (χ1n) is 4.52. The van der Waals surface area contributed by atoms with Gasteiger partial charge in [-0.15, -0.1) is 0 Å². The predicted molar refractivity (Wildman–Crippen MR) is 56.7 cm³/mol. The predicted octanol–water partition coefficient (Wildman–Crippen LogP) is 4.14. The molecule has 0 saturated carbocycles. The zero-order valence-corrected chi connectivity index (χ0v) is 9.86. The van der Waals surface area contributed by atoms with Crippen molar-refractivity contribution >= 4 is 21.7 Å². The Bertz CT molecular complexity index is 266. The molecule has 86 valence electrons. The number of carbonyl (C=O) groups excluding carboxylic acids is 1. The summed E-state index contributed by atoms with van der Waals surface area (Å²) in [6.07, 6.45) is 1.36. The van der Waals surface area contributed by atoms with Gasteiger partial charge in [0, 0.05) is 4.48 Å². The molecule has 0 aromatic rings. The summed E-state index contributed by atoms with van der Waals surface area (Å²) in [4.78, 5) is 10.4. The van der Waals surface area contributed by atoms with Crippen molar-refractivity contribution in [3.05, 3.63) is 22.7 Å². The maximum atomic E-state index is 11.8. The fourth-order valence-corrected chi connectivity index (χ4v) is 1.12. The van der Waals surface area contributed by atoms with Gasteiger partial charge in [0.15, 0.2) is 0 Å². The molecular weight excluding hydrogens is 273 g/mol. The Kier molecular flexibility index (Phi) is 6.56. The van der Waals surface area contributed by atoms with E-state index in [9.17, 15) is 18.0 Å². The highest BCUT2D eigenvalue weighted by atomic mass is 79.9. The van der Waals surface area contributed by atoms with Crippen LogP contribution >= 0.6 is 15.9 Å². The Balaban J connectivity index is 4.17. The van der Waals surface area contributed by atoms with Crippen LogP contribution in [0.5, 0.6) is 0 Å². The van der Waals surface area contributed by atoms with E-state index < -0.39 is 12.0 Å². The number of unbranched alkanes of at least 4 members (excludes halogenated alkanes) is 2. The molecule has 0 aliphatic rings. The Morgan fingerprint density at radius 1 is 1.33 bits per heavy atom. The summed E-state index contributed by atoms with van der Waals surface area (Å²) in [6.45, 7) is 2.02. The molecule has 1 nitrogen and oxygen atoms in total. The van der Waals surface area contributed by atoms with E-state index in [0.717, 1.165) is 25.3 Å². The normalized spacial score (nSPS) is 13.5. The molecule has 15 heavy (non-hydrogen) atoms. The fraction of sp³-hybridized carbons (Fsp3) is 0.500. The minimum Gasteiger partial charge on any atom is -0.285 e. The highest BCUT2D eigenvalue weighted by molar-refractivity contribution is 9.11. The van der Waals surface area contributed by atoms with Gasteiger partial charge in [-0.2, -0.15) is 13.2 Å². The van der Waals surface area contributed by atoms with E-state index in [1.807, 2.05) is 6.92 Å². The van der Waals surface area contributed by atoms with Gasteiger partial charge in [-0.05, 0) is 18.6 Å². The van der Waals surface area contributed by atoms with E-state index in [1.54, 1.807) is 6.08 Å². The van der Waals surface area contributed by atoms with Gasteiger partial charge in [0.1, 0.15) is 0 Å². The van der Waals surface area contributed by atoms with Crippen molar-refractivity contribution in [1.29, 1.82) is 0 Å². The number of hydrogen-bond donors (Lipinski definition) is 0. The van der Waals surface area contributed by atoms with Gasteiger partial charge in [0.25, 0.3) is 5.78 Å². The first-order chi connectivity index (χ1) is 6.88. The highest BCUT2D eigenvalue weighted by Gasteiger charge is 2.35. The number of halogens is 4. The van der Waals surface area contributed by atoms with Crippen molar-refractivity contribution in [3.8, 4) is 0 Å². The van der Waals surface area contributed by atoms with E-state index in [0.29, 0.717) is 10.6 Å². The first kappa shape index (κ1) is 14.4. The maximum absolute atomic E-state index is 11.8. The lowest BCUT2D eigenvalue weighted by Gasteiger charge is -1.98. The van der Waals surface area contributed by atoms with Gasteiger partial charge < -0.3 is 0 Å². The summed E-state index contributed by atoms with van der Waals surface area (Å²) in [5.74, 6) is -1.84. The third kappa shape index (κ3) is 7.36. The van der Waals surface area contributed by atoms with Crippen LogP contribution in [-0.2, 0) is 4.79 Å². The maximum Gasteiger partial charge on any atom is 0.454 e. The van der Waals surface area contributed by atoms with Crippen LogP contribution in [-0.4, -0.2) is 12.0 Å². The minimum absolute atomic E-state index is 0.494. The van der Waals surface area contributed by atoms with E-state index in [1.165, 1.54) is 0 Å². The fourth-order valence-electron chi connectivity index (χ4n) is 0.762. The zero-order valence-electron chi connectivity index (χ0n) is 8.27. The zero-order chi connectivity index (χ0) is 11.9. The molecule has 0 unspecified atom stereocenters. The smallest absolute Gasteiger partial charge is 0.285 e. The summed E-state index contributed by atoms with van der Waals surface area (Å²) in [6, 6.07) is 0. The van der Waals surface area contributed by atoms with Crippen molar-refractivity contribution in [2.75, 3.05) is 0 Å². The number of alkyl halides is 3. The van der Waals surface area contributed by atoms with Crippen molar-refractivity contribution < 1.29 is 18.0 Å². The largest absolute Gasteiger partial charge is 0.454 e. The minimum atomic E-state index is -4.78. The summed E-state index contributed by atoms with van der Waals surface area (Å²) in [7, 11) is 0. The standard InChI is InChI=1S/C10H12BrF3O/c1-2-3-4-5-8(11)6-7-9(15)10(12,13)14/h5-7H,2-4H2,1H3/b7-6+,8-5-. The number of carbonyl (C=O) groups is 1. The van der Waals surface area contributed by atoms with Gasteiger partial charge in [-0.25, -0.2) is 0 Å². The Morgan fingerprint density at radius 2 is 1.93 bits per heavy atom. The highest BCUT2D eigenvalue weighted by Crippen LogP contribution is 2.18. The molecule has 0 heterocycles. The SMILES string of the molecule is CCCC/C=C(Br)/C=C/C(=O)C(F)(F)F. The van der Waals surface area contributed by atoms with Crippen LogP contribution in [0.15, 0.2) is 22.7 Å². The molecule has 0 aliphatic heterocycles. The molecule has 0 atom stereocenters. The van der Waals surface area contributed by atoms with Crippen LogP contribution in [0.25, 0.3) is 0 Å². The van der Waals surface area contributed by atoms with Crippen LogP contribution in [0, 0.1) is 0 Å². The molecular formula is C10H12BrF3O.